The second kappa shape index (κ2) is 2.33. The monoisotopic (exact) mass is 136 g/mol. The minimum Gasteiger partial charge on any atom is -0.480 e. The second-order valence-electron chi connectivity index (χ2n) is 1.53. The summed E-state index contributed by atoms with van der Waals surface area (Å²) in [5.74, 6) is -1.65. The van der Waals surface area contributed by atoms with E-state index in [1.807, 2.05) is 0 Å². The van der Waals surface area contributed by atoms with Crippen molar-refractivity contribution in [2.24, 2.45) is 0 Å². The highest BCUT2D eigenvalue weighted by Gasteiger charge is 2.27. The number of carbonyl (C=O) groups is 1. The molecule has 2 atom stereocenters. The lowest BCUT2D eigenvalue weighted by atomic mass is 10.2. The van der Waals surface area contributed by atoms with Crippen molar-refractivity contribution in [1.29, 1.82) is 0 Å². The third kappa shape index (κ3) is 1.40. The van der Waals surface area contributed by atoms with Crippen molar-refractivity contribution in [3.05, 3.63) is 0 Å². The third-order valence-corrected chi connectivity index (χ3v) is 0.863. The van der Waals surface area contributed by atoms with Gasteiger partial charge in [-0.05, 0) is 0 Å². The lowest BCUT2D eigenvalue weighted by Gasteiger charge is -1.99. The van der Waals surface area contributed by atoms with Gasteiger partial charge in [0, 0.05) is 18.4 Å². The van der Waals surface area contributed by atoms with E-state index < -0.39 is 31.0 Å². The Hall–Kier alpha value is -0.610. The van der Waals surface area contributed by atoms with Crippen molar-refractivity contribution in [2.75, 3.05) is 6.50 Å². The molecule has 1 aliphatic rings. The minimum absolute atomic E-state index is 1.65. The summed E-state index contributed by atoms with van der Waals surface area (Å²) in [6.07, 6.45) is -6.04. The highest BCUT2D eigenvalue weighted by atomic mass is 16.4. The SMILES string of the molecule is [2H]C1([2H])N[C@@H](C(=O)O)C([2H])([2H])[C@@]1([2H])O. The van der Waals surface area contributed by atoms with Crippen molar-refractivity contribution < 1.29 is 21.9 Å². The molecular formula is C5H9NO3. The summed E-state index contributed by atoms with van der Waals surface area (Å²) in [6, 6.07) is -1.94. The number of β-amino-alcohol motifs (C(OH)–C–C–N with tert-alkyl or cyclic N) is 1. The molecule has 1 heterocycles. The van der Waals surface area contributed by atoms with Crippen molar-refractivity contribution in [2.45, 2.75) is 18.5 Å². The Bertz CT molecular complexity index is 279. The van der Waals surface area contributed by atoms with E-state index in [1.165, 1.54) is 0 Å². The molecule has 0 amide bonds. The van der Waals surface area contributed by atoms with Crippen molar-refractivity contribution in [3.63, 3.8) is 0 Å². The van der Waals surface area contributed by atoms with E-state index >= 15 is 0 Å². The quantitative estimate of drug-likeness (QED) is 0.423. The molecule has 0 aromatic carbocycles. The summed E-state index contributed by atoms with van der Waals surface area (Å²) in [7, 11) is 0. The Kier molecular flexibility index (Phi) is 0.660. The molecule has 0 bridgehead atoms. The topological polar surface area (TPSA) is 69.6 Å². The molecule has 0 aromatic heterocycles. The van der Waals surface area contributed by atoms with Gasteiger partial charge in [-0.15, -0.1) is 0 Å². The lowest BCUT2D eigenvalue weighted by Crippen LogP contribution is -2.29. The fourth-order valence-electron chi connectivity index (χ4n) is 0.473. The van der Waals surface area contributed by atoms with Crippen LogP contribution in [0.25, 0.3) is 0 Å². The van der Waals surface area contributed by atoms with Gasteiger partial charge in [0.25, 0.3) is 0 Å². The van der Waals surface area contributed by atoms with E-state index in [-0.39, 0.29) is 0 Å². The summed E-state index contributed by atoms with van der Waals surface area (Å²) in [5, 5.41) is 19.5. The van der Waals surface area contributed by atoms with Crippen LogP contribution in [0.15, 0.2) is 0 Å². The molecule has 3 N–H and O–H groups in total. The van der Waals surface area contributed by atoms with Crippen LogP contribution in [-0.2, 0) is 4.79 Å². The second-order valence-corrected chi connectivity index (χ2v) is 1.53. The fourth-order valence-corrected chi connectivity index (χ4v) is 0.473. The van der Waals surface area contributed by atoms with Crippen LogP contribution < -0.4 is 5.32 Å². The number of hydrogen-bond donors (Lipinski definition) is 3. The number of rotatable bonds is 1. The smallest absolute Gasteiger partial charge is 0.320 e. The van der Waals surface area contributed by atoms with Crippen LogP contribution in [0.2, 0.25) is 0 Å². The molecule has 1 aliphatic heterocycles. The first-order valence-electron chi connectivity index (χ1n) is 4.77. The number of hydrogen-bond acceptors (Lipinski definition) is 3. The Morgan fingerprint density at radius 1 is 2.00 bits per heavy atom. The molecule has 0 unspecified atom stereocenters. The van der Waals surface area contributed by atoms with Gasteiger partial charge in [-0.1, -0.05) is 0 Å². The van der Waals surface area contributed by atoms with Gasteiger partial charge in [0.05, 0.1) is 7.45 Å². The van der Waals surface area contributed by atoms with Crippen molar-refractivity contribution in [3.8, 4) is 0 Å². The molecule has 9 heavy (non-hydrogen) atoms. The number of aliphatic carboxylic acids is 1. The van der Waals surface area contributed by atoms with E-state index in [4.69, 9.17) is 12.0 Å². The van der Waals surface area contributed by atoms with Gasteiger partial charge in [0.2, 0.25) is 0 Å². The highest BCUT2D eigenvalue weighted by molar-refractivity contribution is 5.73. The molecule has 0 spiro atoms. The largest absolute Gasteiger partial charge is 0.480 e. The van der Waals surface area contributed by atoms with Gasteiger partial charge >= 0.3 is 5.97 Å². The normalized spacial score (nSPS) is 62.3. The summed E-state index contributed by atoms with van der Waals surface area (Å²) < 4.78 is 35.6. The van der Waals surface area contributed by atoms with E-state index in [9.17, 15) is 9.90 Å². The van der Waals surface area contributed by atoms with Crippen LogP contribution in [-0.4, -0.2) is 34.8 Å². The maximum atomic E-state index is 10.5. The number of carboxylic acid groups (broad SMARTS) is 1. The summed E-state index contributed by atoms with van der Waals surface area (Å²) in [5.41, 5.74) is 0. The van der Waals surface area contributed by atoms with E-state index in [2.05, 4.69) is 0 Å². The number of carboxylic acids is 1. The van der Waals surface area contributed by atoms with Crippen LogP contribution in [0.1, 0.15) is 13.2 Å². The summed E-state index contributed by atoms with van der Waals surface area (Å²) in [4.78, 5) is 10.5. The summed E-state index contributed by atoms with van der Waals surface area (Å²) >= 11 is 0. The zero-order valence-corrected chi connectivity index (χ0v) is 4.38. The van der Waals surface area contributed by atoms with Crippen molar-refractivity contribution >= 4 is 5.97 Å². The highest BCUT2D eigenvalue weighted by Crippen LogP contribution is 2.05. The molecule has 0 aromatic rings. The summed E-state index contributed by atoms with van der Waals surface area (Å²) in [6.45, 7) is -2.81. The Morgan fingerprint density at radius 2 is 2.67 bits per heavy atom. The van der Waals surface area contributed by atoms with Gasteiger partial charge in [0.15, 0.2) is 0 Å². The van der Waals surface area contributed by atoms with Gasteiger partial charge in [-0.3, -0.25) is 4.79 Å². The third-order valence-electron chi connectivity index (χ3n) is 0.863. The molecule has 1 saturated heterocycles. The van der Waals surface area contributed by atoms with E-state index in [0.717, 1.165) is 0 Å². The first kappa shape index (κ1) is 2.56. The average Bonchev–Trinajstić information content (AvgIpc) is 2.08. The van der Waals surface area contributed by atoms with E-state index in [1.54, 1.807) is 5.32 Å². The molecule has 1 rings (SSSR count). The van der Waals surface area contributed by atoms with Gasteiger partial charge in [-0.2, -0.15) is 0 Å². The Morgan fingerprint density at radius 3 is 2.89 bits per heavy atom. The molecule has 1 fully saturated rings. The maximum Gasteiger partial charge on any atom is 0.320 e. The predicted molar refractivity (Wildman–Crippen MR) is 30.1 cm³/mol. The predicted octanol–water partition coefficient (Wildman–Crippen LogP) is -1.21. The molecule has 4 nitrogen and oxygen atoms in total. The first-order valence-corrected chi connectivity index (χ1v) is 2.27. The molecule has 0 radical (unpaired) electrons. The zero-order chi connectivity index (χ0) is 11.4. The van der Waals surface area contributed by atoms with Crippen LogP contribution in [0.4, 0.5) is 0 Å². The van der Waals surface area contributed by atoms with Crippen LogP contribution in [0, 0.1) is 0 Å². The minimum atomic E-state index is -3.14. The maximum absolute atomic E-state index is 10.5. The van der Waals surface area contributed by atoms with Crippen LogP contribution in [0.5, 0.6) is 0 Å². The molecule has 0 saturated carbocycles. The fraction of sp³-hybridized carbons (Fsp3) is 0.800. The van der Waals surface area contributed by atoms with Gasteiger partial charge < -0.3 is 15.5 Å². The Balaban J connectivity index is 3.18. The zero-order valence-electron chi connectivity index (χ0n) is 9.38. The number of aliphatic hydroxyl groups is 1. The Labute approximate surface area is 59.5 Å². The molecule has 4 heteroatoms. The average molecular weight is 136 g/mol. The van der Waals surface area contributed by atoms with Crippen LogP contribution >= 0.6 is 0 Å². The van der Waals surface area contributed by atoms with Crippen molar-refractivity contribution in [1.82, 2.24) is 5.32 Å². The standard InChI is InChI=1S/C5H9NO3/c7-3-1-4(5(8)9)6-2-3/h3-4,6-7H,1-2H2,(H,8,9)/t3-,4-/m1/s1/i1D2,2D2,3D. The first-order chi connectivity index (χ1) is 6.04. The van der Waals surface area contributed by atoms with Gasteiger partial charge in [-0.25, -0.2) is 0 Å². The molecule has 0 aliphatic carbocycles. The molecule has 52 valence electrons. The van der Waals surface area contributed by atoms with Crippen LogP contribution in [0.3, 0.4) is 0 Å². The molecular weight excluding hydrogens is 122 g/mol. The van der Waals surface area contributed by atoms with E-state index in [0.29, 0.717) is 0 Å². The van der Waals surface area contributed by atoms with Gasteiger partial charge in [0.1, 0.15) is 6.04 Å². The lowest BCUT2D eigenvalue weighted by molar-refractivity contribution is -0.139. The number of nitrogens with one attached hydrogen (secondary N) is 1.